The zero-order chi connectivity index (χ0) is 14.7. The van der Waals surface area contributed by atoms with E-state index < -0.39 is 0 Å². The molecular weight excluding hydrogens is 276 g/mol. The number of rotatable bonds is 5. The number of carbonyl (C=O) groups excluding carboxylic acids is 1. The Kier molecular flexibility index (Phi) is 4.60. The van der Waals surface area contributed by atoms with Crippen molar-refractivity contribution in [1.29, 1.82) is 0 Å². The predicted molar refractivity (Wildman–Crippen MR) is 79.8 cm³/mol. The molecule has 2 rings (SSSR count). The second-order valence-electron chi connectivity index (χ2n) is 4.82. The van der Waals surface area contributed by atoms with Gasteiger partial charge in [0.15, 0.2) is 5.65 Å². The van der Waals surface area contributed by atoms with Crippen LogP contribution in [0.5, 0.6) is 0 Å². The molecule has 0 aliphatic rings. The fourth-order valence-electron chi connectivity index (χ4n) is 2.04. The van der Waals surface area contributed by atoms with Crippen molar-refractivity contribution in [3.05, 3.63) is 23.7 Å². The number of hydrogen-bond donors (Lipinski definition) is 1. The minimum Gasteiger partial charge on any atom is -0.355 e. The van der Waals surface area contributed by atoms with E-state index in [1.807, 2.05) is 32.9 Å². The summed E-state index contributed by atoms with van der Waals surface area (Å²) in [4.78, 5) is 20.9. The highest BCUT2D eigenvalue weighted by Gasteiger charge is 2.18. The largest absolute Gasteiger partial charge is 0.355 e. The second-order valence-corrected chi connectivity index (χ2v) is 5.47. The molecule has 0 aromatic carbocycles. The maximum atomic E-state index is 11.9. The molecule has 2 aromatic heterocycles. The Morgan fingerprint density at radius 1 is 1.45 bits per heavy atom. The van der Waals surface area contributed by atoms with E-state index in [-0.39, 0.29) is 17.8 Å². The van der Waals surface area contributed by atoms with Crippen molar-refractivity contribution in [3.63, 3.8) is 0 Å². The molecule has 0 aliphatic heterocycles. The lowest BCUT2D eigenvalue weighted by atomic mass is 10.3. The number of alkyl halides is 1. The summed E-state index contributed by atoms with van der Waals surface area (Å²) in [6.45, 7) is 6.64. The molecule has 2 aromatic rings. The minimum absolute atomic E-state index is 0.0481. The van der Waals surface area contributed by atoms with E-state index in [9.17, 15) is 4.79 Å². The lowest BCUT2D eigenvalue weighted by Crippen LogP contribution is -2.29. The normalized spacial score (nSPS) is 12.6. The van der Waals surface area contributed by atoms with Gasteiger partial charge in [-0.15, -0.1) is 11.6 Å². The van der Waals surface area contributed by atoms with Crippen LogP contribution >= 0.6 is 11.6 Å². The molecular formula is C14H19ClN4O. The van der Waals surface area contributed by atoms with Gasteiger partial charge in [-0.05, 0) is 32.4 Å². The molecule has 0 radical (unpaired) electrons. The van der Waals surface area contributed by atoms with Crippen molar-refractivity contribution in [3.8, 4) is 0 Å². The van der Waals surface area contributed by atoms with Crippen LogP contribution in [-0.4, -0.2) is 27.0 Å². The zero-order valence-corrected chi connectivity index (χ0v) is 12.7. The van der Waals surface area contributed by atoms with Crippen molar-refractivity contribution in [2.45, 2.75) is 39.1 Å². The molecule has 1 unspecified atom stereocenters. The first-order valence-electron chi connectivity index (χ1n) is 6.77. The second kappa shape index (κ2) is 6.22. The summed E-state index contributed by atoms with van der Waals surface area (Å²) < 4.78 is 1.80. The Hall–Kier alpha value is -1.62. The summed E-state index contributed by atoms with van der Waals surface area (Å²) in [5, 5.41) is 2.58. The van der Waals surface area contributed by atoms with E-state index in [4.69, 9.17) is 11.6 Å². The molecule has 6 heteroatoms. The van der Waals surface area contributed by atoms with Crippen LogP contribution in [-0.2, 0) is 11.3 Å². The molecule has 0 aliphatic carbocycles. The molecule has 20 heavy (non-hydrogen) atoms. The number of imidazole rings is 1. The van der Waals surface area contributed by atoms with Crippen LogP contribution in [0.3, 0.4) is 0 Å². The standard InChI is InChI=1S/C14H19ClN4O/c1-4-7-16-12(20)8-19-13(10(3)15)18-11-6-5-9(2)17-14(11)19/h5-6,10H,4,7-8H2,1-3H3,(H,16,20). The lowest BCUT2D eigenvalue weighted by Gasteiger charge is -2.10. The Balaban J connectivity index is 2.40. The molecule has 0 bridgehead atoms. The number of hydrogen-bond acceptors (Lipinski definition) is 3. The van der Waals surface area contributed by atoms with E-state index in [0.29, 0.717) is 18.0 Å². The van der Waals surface area contributed by atoms with Crippen molar-refractivity contribution < 1.29 is 4.79 Å². The average molecular weight is 295 g/mol. The third-order valence-electron chi connectivity index (χ3n) is 2.99. The van der Waals surface area contributed by atoms with Gasteiger partial charge < -0.3 is 9.88 Å². The van der Waals surface area contributed by atoms with E-state index in [0.717, 1.165) is 17.6 Å². The highest BCUT2D eigenvalue weighted by molar-refractivity contribution is 6.20. The lowest BCUT2D eigenvalue weighted by molar-refractivity contribution is -0.121. The highest BCUT2D eigenvalue weighted by Crippen LogP contribution is 2.23. The fourth-order valence-corrected chi connectivity index (χ4v) is 2.20. The van der Waals surface area contributed by atoms with Gasteiger partial charge in [-0.2, -0.15) is 0 Å². The van der Waals surface area contributed by atoms with Crippen molar-refractivity contribution in [2.75, 3.05) is 6.54 Å². The molecule has 0 spiro atoms. The van der Waals surface area contributed by atoms with Crippen LogP contribution in [0, 0.1) is 6.92 Å². The summed E-state index contributed by atoms with van der Waals surface area (Å²) in [7, 11) is 0. The number of amides is 1. The van der Waals surface area contributed by atoms with Crippen LogP contribution in [0.15, 0.2) is 12.1 Å². The van der Waals surface area contributed by atoms with Crippen LogP contribution in [0.2, 0.25) is 0 Å². The fraction of sp³-hybridized carbons (Fsp3) is 0.500. The van der Waals surface area contributed by atoms with Gasteiger partial charge >= 0.3 is 0 Å². The number of aryl methyl sites for hydroxylation is 1. The molecule has 0 saturated heterocycles. The van der Waals surface area contributed by atoms with E-state index >= 15 is 0 Å². The third kappa shape index (κ3) is 3.10. The summed E-state index contributed by atoms with van der Waals surface area (Å²) in [5.41, 5.74) is 2.36. The van der Waals surface area contributed by atoms with Crippen LogP contribution in [0.25, 0.3) is 11.2 Å². The number of aromatic nitrogens is 3. The Morgan fingerprint density at radius 3 is 2.85 bits per heavy atom. The van der Waals surface area contributed by atoms with Gasteiger partial charge in [0.1, 0.15) is 17.9 Å². The molecule has 0 fully saturated rings. The van der Waals surface area contributed by atoms with Crippen molar-refractivity contribution in [2.24, 2.45) is 0 Å². The molecule has 2 heterocycles. The topological polar surface area (TPSA) is 59.8 Å². The van der Waals surface area contributed by atoms with Gasteiger partial charge in [-0.1, -0.05) is 6.92 Å². The molecule has 1 atom stereocenters. The van der Waals surface area contributed by atoms with E-state index in [2.05, 4.69) is 15.3 Å². The van der Waals surface area contributed by atoms with E-state index in [1.54, 1.807) is 4.57 Å². The Labute approximate surface area is 123 Å². The Bertz CT molecular complexity index is 621. The van der Waals surface area contributed by atoms with Gasteiger partial charge in [0.2, 0.25) is 5.91 Å². The Morgan fingerprint density at radius 2 is 2.20 bits per heavy atom. The number of pyridine rings is 1. The van der Waals surface area contributed by atoms with Gasteiger partial charge in [0.25, 0.3) is 0 Å². The smallest absolute Gasteiger partial charge is 0.240 e. The third-order valence-corrected chi connectivity index (χ3v) is 3.19. The van der Waals surface area contributed by atoms with Gasteiger partial charge in [-0.3, -0.25) is 4.79 Å². The van der Waals surface area contributed by atoms with Gasteiger partial charge in [-0.25, -0.2) is 9.97 Å². The molecule has 0 saturated carbocycles. The van der Waals surface area contributed by atoms with Crippen LogP contribution in [0.4, 0.5) is 0 Å². The maximum absolute atomic E-state index is 11.9. The molecule has 1 amide bonds. The summed E-state index contributed by atoms with van der Waals surface area (Å²) in [6, 6.07) is 3.81. The summed E-state index contributed by atoms with van der Waals surface area (Å²) in [6.07, 6.45) is 0.909. The highest BCUT2D eigenvalue weighted by atomic mass is 35.5. The van der Waals surface area contributed by atoms with Gasteiger partial charge in [0.05, 0.1) is 5.38 Å². The predicted octanol–water partition coefficient (Wildman–Crippen LogP) is 2.57. The minimum atomic E-state index is -0.275. The number of halogens is 1. The number of fused-ring (bicyclic) bond motifs is 1. The first-order valence-corrected chi connectivity index (χ1v) is 7.21. The monoisotopic (exact) mass is 294 g/mol. The molecule has 1 N–H and O–H groups in total. The SMILES string of the molecule is CCCNC(=O)Cn1c(C(C)Cl)nc2ccc(C)nc21. The van der Waals surface area contributed by atoms with Crippen LogP contribution < -0.4 is 5.32 Å². The molecule has 108 valence electrons. The van der Waals surface area contributed by atoms with E-state index in [1.165, 1.54) is 0 Å². The zero-order valence-electron chi connectivity index (χ0n) is 12.0. The van der Waals surface area contributed by atoms with Crippen molar-refractivity contribution >= 4 is 28.7 Å². The van der Waals surface area contributed by atoms with Crippen molar-refractivity contribution in [1.82, 2.24) is 19.9 Å². The number of carbonyl (C=O) groups is 1. The average Bonchev–Trinajstić information content (AvgIpc) is 2.75. The van der Waals surface area contributed by atoms with Crippen LogP contribution in [0.1, 0.15) is 37.2 Å². The quantitative estimate of drug-likeness (QED) is 0.862. The maximum Gasteiger partial charge on any atom is 0.240 e. The first kappa shape index (κ1) is 14.8. The first-order chi connectivity index (χ1) is 9.52. The summed E-state index contributed by atoms with van der Waals surface area (Å²) >= 11 is 6.16. The number of nitrogens with one attached hydrogen (secondary N) is 1. The molecule has 5 nitrogen and oxygen atoms in total. The summed E-state index contributed by atoms with van der Waals surface area (Å²) in [5.74, 6) is 0.624. The van der Waals surface area contributed by atoms with Gasteiger partial charge in [0, 0.05) is 12.2 Å². The number of nitrogens with zero attached hydrogens (tertiary/aromatic N) is 3.